The van der Waals surface area contributed by atoms with Crippen LogP contribution >= 0.6 is 0 Å². The average Bonchev–Trinajstić information content (AvgIpc) is 3.13. The van der Waals surface area contributed by atoms with Gasteiger partial charge in [-0.15, -0.1) is 0 Å². The van der Waals surface area contributed by atoms with Gasteiger partial charge in [-0.3, -0.25) is 14.5 Å². The third-order valence-corrected chi connectivity index (χ3v) is 3.64. The molecule has 6 nitrogen and oxygen atoms in total. The number of nitrogens with zero attached hydrogens (tertiary/aromatic N) is 4. The van der Waals surface area contributed by atoms with Crippen molar-refractivity contribution in [1.82, 2.24) is 25.1 Å². The summed E-state index contributed by atoms with van der Waals surface area (Å²) in [4.78, 5) is 20.0. The van der Waals surface area contributed by atoms with Gasteiger partial charge in [0, 0.05) is 12.7 Å². The maximum absolute atomic E-state index is 13.8. The molecule has 0 saturated carbocycles. The highest BCUT2D eigenvalue weighted by Gasteiger charge is 2.18. The zero-order chi connectivity index (χ0) is 16.8. The van der Waals surface area contributed by atoms with Crippen LogP contribution in [0.5, 0.6) is 0 Å². The average molecular weight is 325 g/mol. The highest BCUT2D eigenvalue weighted by molar-refractivity contribution is 5.94. The largest absolute Gasteiger partial charge is 0.345 e. The first-order valence-corrected chi connectivity index (χ1v) is 7.52. The van der Waals surface area contributed by atoms with Crippen molar-refractivity contribution in [3.8, 4) is 0 Å². The lowest BCUT2D eigenvalue weighted by molar-refractivity contribution is 0.0929. The predicted molar refractivity (Wildman–Crippen MR) is 85.5 cm³/mol. The fourth-order valence-electron chi connectivity index (χ4n) is 2.41. The van der Waals surface area contributed by atoms with E-state index in [9.17, 15) is 9.18 Å². The molecule has 3 rings (SSSR count). The zero-order valence-corrected chi connectivity index (χ0v) is 12.8. The number of amides is 1. The molecule has 1 aromatic carbocycles. The minimum absolute atomic E-state index is 0.0216. The Hall–Kier alpha value is -3.09. The van der Waals surface area contributed by atoms with Gasteiger partial charge in [0.25, 0.3) is 5.91 Å². The van der Waals surface area contributed by atoms with Gasteiger partial charge in [0.2, 0.25) is 0 Å². The van der Waals surface area contributed by atoms with E-state index in [-0.39, 0.29) is 11.6 Å². The van der Waals surface area contributed by atoms with Gasteiger partial charge in [0.1, 0.15) is 12.7 Å². The molecule has 122 valence electrons. The van der Waals surface area contributed by atoms with Crippen LogP contribution in [-0.2, 0) is 6.54 Å². The van der Waals surface area contributed by atoms with E-state index in [2.05, 4.69) is 20.4 Å². The van der Waals surface area contributed by atoms with Crippen molar-refractivity contribution in [2.75, 3.05) is 0 Å². The van der Waals surface area contributed by atoms with E-state index in [0.717, 1.165) is 11.8 Å². The fourth-order valence-corrected chi connectivity index (χ4v) is 2.41. The van der Waals surface area contributed by atoms with E-state index in [1.54, 1.807) is 11.0 Å². The van der Waals surface area contributed by atoms with Gasteiger partial charge >= 0.3 is 0 Å². The number of carbonyl (C=O) groups excluding carboxylic acids is 1. The number of rotatable bonds is 6. The predicted octanol–water partition coefficient (Wildman–Crippen LogP) is 2.37. The van der Waals surface area contributed by atoms with Crippen molar-refractivity contribution in [3.63, 3.8) is 0 Å². The lowest BCUT2D eigenvalue weighted by Gasteiger charge is -2.19. The molecule has 1 atom stereocenters. The minimum Gasteiger partial charge on any atom is -0.345 e. The van der Waals surface area contributed by atoms with Crippen LogP contribution in [0.25, 0.3) is 0 Å². The lowest BCUT2D eigenvalue weighted by Crippen LogP contribution is -2.30. The number of aryl methyl sites for hydroxylation is 1. The Bertz CT molecular complexity index is 792. The Morgan fingerprint density at radius 1 is 1.21 bits per heavy atom. The van der Waals surface area contributed by atoms with Gasteiger partial charge in [-0.2, -0.15) is 5.10 Å². The number of hydrogen-bond acceptors (Lipinski definition) is 4. The fraction of sp³-hybridized carbons (Fsp3) is 0.176. The molecule has 0 aliphatic rings. The molecule has 0 radical (unpaired) electrons. The van der Waals surface area contributed by atoms with E-state index >= 15 is 0 Å². The molecule has 24 heavy (non-hydrogen) atoms. The smallest absolute Gasteiger partial charge is 0.254 e. The molecule has 0 aliphatic carbocycles. The van der Waals surface area contributed by atoms with Gasteiger partial charge in [-0.25, -0.2) is 9.37 Å². The van der Waals surface area contributed by atoms with Crippen LogP contribution in [0.15, 0.2) is 61.4 Å². The Morgan fingerprint density at radius 2 is 2.04 bits per heavy atom. The summed E-state index contributed by atoms with van der Waals surface area (Å²) in [5, 5.41) is 6.94. The highest BCUT2D eigenvalue weighted by Crippen LogP contribution is 2.18. The van der Waals surface area contributed by atoms with Gasteiger partial charge in [-0.1, -0.05) is 30.3 Å². The molecular weight excluding hydrogens is 309 g/mol. The van der Waals surface area contributed by atoms with Gasteiger partial charge in [0.15, 0.2) is 5.82 Å². The van der Waals surface area contributed by atoms with E-state index in [1.165, 1.54) is 18.6 Å². The van der Waals surface area contributed by atoms with Crippen LogP contribution in [0.4, 0.5) is 4.39 Å². The Kier molecular flexibility index (Phi) is 4.90. The van der Waals surface area contributed by atoms with Gasteiger partial charge in [0.05, 0.1) is 17.8 Å². The number of pyridine rings is 1. The number of aromatic nitrogens is 4. The lowest BCUT2D eigenvalue weighted by atomic mass is 10.0. The number of halogens is 1. The van der Waals surface area contributed by atoms with Crippen LogP contribution in [-0.4, -0.2) is 25.7 Å². The van der Waals surface area contributed by atoms with Crippen molar-refractivity contribution < 1.29 is 9.18 Å². The van der Waals surface area contributed by atoms with Crippen LogP contribution < -0.4 is 5.32 Å². The molecule has 0 aliphatic heterocycles. The number of benzene rings is 1. The molecule has 0 saturated heterocycles. The van der Waals surface area contributed by atoms with Crippen LogP contribution in [0.2, 0.25) is 0 Å². The number of nitrogens with one attached hydrogen (secondary N) is 1. The third-order valence-electron chi connectivity index (χ3n) is 3.64. The van der Waals surface area contributed by atoms with E-state index in [1.807, 2.05) is 30.3 Å². The van der Waals surface area contributed by atoms with E-state index in [0.29, 0.717) is 13.0 Å². The molecule has 2 aromatic heterocycles. The topological polar surface area (TPSA) is 72.7 Å². The summed E-state index contributed by atoms with van der Waals surface area (Å²) in [6, 6.07) is 10.7. The standard InChI is InChI=1S/C17H16FN5O/c18-15-10-19-8-6-14(15)17(24)22-16(13-4-2-1-3-5-13)7-9-23-12-20-11-21-23/h1-6,8,10-12,16H,7,9H2,(H,22,24)/t16-/m1/s1. The molecular formula is C17H16FN5O. The monoisotopic (exact) mass is 325 g/mol. The summed E-state index contributed by atoms with van der Waals surface area (Å²) in [5.41, 5.74) is 0.923. The van der Waals surface area contributed by atoms with Crippen molar-refractivity contribution in [2.45, 2.75) is 19.0 Å². The molecule has 0 unspecified atom stereocenters. The van der Waals surface area contributed by atoms with Crippen LogP contribution in [0, 0.1) is 5.82 Å². The highest BCUT2D eigenvalue weighted by atomic mass is 19.1. The number of hydrogen-bond donors (Lipinski definition) is 1. The second kappa shape index (κ2) is 7.45. The van der Waals surface area contributed by atoms with Crippen LogP contribution in [0.3, 0.4) is 0 Å². The molecule has 0 fully saturated rings. The zero-order valence-electron chi connectivity index (χ0n) is 12.8. The summed E-state index contributed by atoms with van der Waals surface area (Å²) in [7, 11) is 0. The summed E-state index contributed by atoms with van der Waals surface area (Å²) < 4.78 is 15.4. The van der Waals surface area contributed by atoms with Crippen molar-refractivity contribution in [3.05, 3.63) is 78.4 Å². The molecule has 3 aromatic rings. The Labute approximate surface area is 138 Å². The second-order valence-electron chi connectivity index (χ2n) is 5.24. The second-order valence-corrected chi connectivity index (χ2v) is 5.24. The third kappa shape index (κ3) is 3.81. The molecule has 0 spiro atoms. The van der Waals surface area contributed by atoms with Gasteiger partial charge in [-0.05, 0) is 18.1 Å². The first-order valence-electron chi connectivity index (χ1n) is 7.52. The van der Waals surface area contributed by atoms with Crippen LogP contribution in [0.1, 0.15) is 28.4 Å². The molecule has 0 bridgehead atoms. The SMILES string of the molecule is O=C(N[C@H](CCn1cncn1)c1ccccc1)c1ccncc1F. The number of carbonyl (C=O) groups is 1. The van der Waals surface area contributed by atoms with Crippen molar-refractivity contribution >= 4 is 5.91 Å². The first kappa shape index (κ1) is 15.8. The molecule has 7 heteroatoms. The summed E-state index contributed by atoms with van der Waals surface area (Å²) in [6.45, 7) is 0.582. The Balaban J connectivity index is 1.77. The minimum atomic E-state index is -0.641. The Morgan fingerprint density at radius 3 is 2.75 bits per heavy atom. The summed E-state index contributed by atoms with van der Waals surface area (Å²) in [5.74, 6) is -1.11. The quantitative estimate of drug-likeness (QED) is 0.755. The van der Waals surface area contributed by atoms with Gasteiger partial charge < -0.3 is 5.32 Å². The maximum atomic E-state index is 13.8. The first-order chi connectivity index (χ1) is 11.7. The molecule has 2 heterocycles. The van der Waals surface area contributed by atoms with E-state index in [4.69, 9.17) is 0 Å². The van der Waals surface area contributed by atoms with Crippen molar-refractivity contribution in [2.24, 2.45) is 0 Å². The normalized spacial score (nSPS) is 11.9. The van der Waals surface area contributed by atoms with E-state index < -0.39 is 11.7 Å². The molecule has 1 N–H and O–H groups in total. The summed E-state index contributed by atoms with van der Waals surface area (Å²) in [6.07, 6.45) is 6.10. The maximum Gasteiger partial charge on any atom is 0.254 e. The van der Waals surface area contributed by atoms with Crippen molar-refractivity contribution in [1.29, 1.82) is 0 Å². The molecule has 1 amide bonds. The summed E-state index contributed by atoms with van der Waals surface area (Å²) >= 11 is 0.